The SMILES string of the molecule is COC(=O)C(CCSC)NC(=O)CNC(=O)c1ccc(F)cc1. The summed E-state index contributed by atoms with van der Waals surface area (Å²) in [4.78, 5) is 35.2. The van der Waals surface area contributed by atoms with E-state index in [1.807, 2.05) is 6.26 Å². The van der Waals surface area contributed by atoms with Gasteiger partial charge in [-0.05, 0) is 42.7 Å². The number of ether oxygens (including phenoxy) is 1. The van der Waals surface area contributed by atoms with Crippen molar-refractivity contribution in [2.75, 3.05) is 25.7 Å². The molecule has 0 aliphatic heterocycles. The Labute approximate surface area is 138 Å². The van der Waals surface area contributed by atoms with Crippen LogP contribution in [-0.2, 0) is 14.3 Å². The first-order valence-electron chi connectivity index (χ1n) is 6.87. The average molecular weight is 342 g/mol. The molecule has 1 atom stereocenters. The number of thioether (sulfide) groups is 1. The maximum atomic E-state index is 12.8. The molecule has 0 fully saturated rings. The summed E-state index contributed by atoms with van der Waals surface area (Å²) in [5, 5.41) is 4.92. The van der Waals surface area contributed by atoms with Gasteiger partial charge in [0.1, 0.15) is 11.9 Å². The van der Waals surface area contributed by atoms with Crippen molar-refractivity contribution in [1.29, 1.82) is 0 Å². The Hall–Kier alpha value is -2.09. The van der Waals surface area contributed by atoms with E-state index >= 15 is 0 Å². The van der Waals surface area contributed by atoms with Crippen molar-refractivity contribution in [3.63, 3.8) is 0 Å². The lowest BCUT2D eigenvalue weighted by atomic mass is 10.2. The summed E-state index contributed by atoms with van der Waals surface area (Å²) in [5.41, 5.74) is 0.242. The van der Waals surface area contributed by atoms with Crippen molar-refractivity contribution < 1.29 is 23.5 Å². The molecule has 0 radical (unpaired) electrons. The highest BCUT2D eigenvalue weighted by molar-refractivity contribution is 7.98. The minimum absolute atomic E-state index is 0.242. The molecule has 0 saturated heterocycles. The summed E-state index contributed by atoms with van der Waals surface area (Å²) in [5.74, 6) is -1.30. The number of hydrogen-bond donors (Lipinski definition) is 2. The van der Waals surface area contributed by atoms with Gasteiger partial charge in [0, 0.05) is 5.56 Å². The lowest BCUT2D eigenvalue weighted by Gasteiger charge is -2.16. The molecule has 0 heterocycles. The van der Waals surface area contributed by atoms with Crippen LogP contribution in [0.25, 0.3) is 0 Å². The fraction of sp³-hybridized carbons (Fsp3) is 0.400. The number of amides is 2. The molecule has 0 spiro atoms. The van der Waals surface area contributed by atoms with E-state index in [1.165, 1.54) is 19.2 Å². The van der Waals surface area contributed by atoms with Gasteiger partial charge in [-0.3, -0.25) is 9.59 Å². The molecule has 1 aromatic carbocycles. The molecule has 0 aliphatic rings. The van der Waals surface area contributed by atoms with Crippen LogP contribution < -0.4 is 10.6 Å². The molecule has 23 heavy (non-hydrogen) atoms. The molecule has 2 N–H and O–H groups in total. The highest BCUT2D eigenvalue weighted by Gasteiger charge is 2.21. The van der Waals surface area contributed by atoms with Crippen LogP contribution in [0.5, 0.6) is 0 Å². The molecule has 1 rings (SSSR count). The Balaban J connectivity index is 2.49. The van der Waals surface area contributed by atoms with Gasteiger partial charge in [-0.25, -0.2) is 9.18 Å². The number of methoxy groups -OCH3 is 1. The molecule has 1 aromatic rings. The summed E-state index contributed by atoms with van der Waals surface area (Å²) >= 11 is 1.54. The summed E-state index contributed by atoms with van der Waals surface area (Å²) in [6.45, 7) is -0.289. The number of nitrogens with one attached hydrogen (secondary N) is 2. The van der Waals surface area contributed by atoms with Crippen LogP contribution in [0.4, 0.5) is 4.39 Å². The highest BCUT2D eigenvalue weighted by atomic mass is 32.2. The first kappa shape index (κ1) is 19.0. The van der Waals surface area contributed by atoms with E-state index in [1.54, 1.807) is 11.8 Å². The van der Waals surface area contributed by atoms with Gasteiger partial charge in [-0.15, -0.1) is 0 Å². The van der Waals surface area contributed by atoms with Crippen LogP contribution in [0, 0.1) is 5.82 Å². The van der Waals surface area contributed by atoms with E-state index in [4.69, 9.17) is 0 Å². The van der Waals surface area contributed by atoms with E-state index in [-0.39, 0.29) is 12.1 Å². The predicted molar refractivity (Wildman–Crippen MR) is 85.7 cm³/mol. The van der Waals surface area contributed by atoms with Crippen LogP contribution in [0.2, 0.25) is 0 Å². The third-order valence-electron chi connectivity index (χ3n) is 2.95. The molecular formula is C15H19FN2O4S. The Morgan fingerprint density at radius 3 is 2.48 bits per heavy atom. The van der Waals surface area contributed by atoms with Gasteiger partial charge in [-0.1, -0.05) is 0 Å². The predicted octanol–water partition coefficient (Wildman–Crippen LogP) is 0.966. The first-order valence-corrected chi connectivity index (χ1v) is 8.27. The number of carbonyl (C=O) groups is 3. The second-order valence-electron chi connectivity index (χ2n) is 4.61. The van der Waals surface area contributed by atoms with Crippen molar-refractivity contribution in [1.82, 2.24) is 10.6 Å². The normalized spacial score (nSPS) is 11.4. The van der Waals surface area contributed by atoms with Gasteiger partial charge >= 0.3 is 5.97 Å². The van der Waals surface area contributed by atoms with Gasteiger partial charge in [0.15, 0.2) is 0 Å². The third kappa shape index (κ3) is 6.68. The number of rotatable bonds is 8. The fourth-order valence-electron chi connectivity index (χ4n) is 1.74. The van der Waals surface area contributed by atoms with Crippen molar-refractivity contribution >= 4 is 29.5 Å². The molecule has 0 saturated carbocycles. The Morgan fingerprint density at radius 2 is 1.91 bits per heavy atom. The maximum Gasteiger partial charge on any atom is 0.328 e. The standard InChI is InChI=1S/C15H19FN2O4S/c1-22-15(21)12(7-8-23-2)18-13(19)9-17-14(20)10-3-5-11(16)6-4-10/h3-6,12H,7-9H2,1-2H3,(H,17,20)(H,18,19). The third-order valence-corrected chi connectivity index (χ3v) is 3.59. The van der Waals surface area contributed by atoms with E-state index in [2.05, 4.69) is 15.4 Å². The van der Waals surface area contributed by atoms with Crippen molar-refractivity contribution in [2.45, 2.75) is 12.5 Å². The summed E-state index contributed by atoms with van der Waals surface area (Å²) in [6.07, 6.45) is 2.32. The largest absolute Gasteiger partial charge is 0.467 e. The van der Waals surface area contributed by atoms with Gasteiger partial charge in [-0.2, -0.15) is 11.8 Å². The number of benzene rings is 1. The van der Waals surface area contributed by atoms with Crippen molar-refractivity contribution in [2.24, 2.45) is 0 Å². The summed E-state index contributed by atoms with van der Waals surface area (Å²) in [6, 6.07) is 4.20. The second kappa shape index (κ2) is 9.83. The van der Waals surface area contributed by atoms with Crippen LogP contribution in [0.1, 0.15) is 16.8 Å². The van der Waals surface area contributed by atoms with Crippen LogP contribution in [0.15, 0.2) is 24.3 Å². The number of hydrogen-bond acceptors (Lipinski definition) is 5. The van der Waals surface area contributed by atoms with E-state index in [0.29, 0.717) is 12.2 Å². The number of carbonyl (C=O) groups excluding carboxylic acids is 3. The number of esters is 1. The van der Waals surface area contributed by atoms with Crippen LogP contribution >= 0.6 is 11.8 Å². The van der Waals surface area contributed by atoms with Crippen LogP contribution in [-0.4, -0.2) is 49.5 Å². The minimum atomic E-state index is -0.748. The van der Waals surface area contributed by atoms with Crippen molar-refractivity contribution in [3.05, 3.63) is 35.6 Å². The summed E-state index contributed by atoms with van der Waals surface area (Å²) < 4.78 is 17.4. The molecule has 8 heteroatoms. The molecule has 0 aliphatic carbocycles. The van der Waals surface area contributed by atoms with Gasteiger partial charge in [0.2, 0.25) is 5.91 Å². The lowest BCUT2D eigenvalue weighted by Crippen LogP contribution is -2.46. The van der Waals surface area contributed by atoms with Gasteiger partial charge in [0.25, 0.3) is 5.91 Å². The molecule has 2 amide bonds. The Morgan fingerprint density at radius 1 is 1.26 bits per heavy atom. The van der Waals surface area contributed by atoms with Crippen LogP contribution in [0.3, 0.4) is 0 Å². The highest BCUT2D eigenvalue weighted by Crippen LogP contribution is 2.03. The smallest absolute Gasteiger partial charge is 0.328 e. The van der Waals surface area contributed by atoms with Gasteiger partial charge < -0.3 is 15.4 Å². The van der Waals surface area contributed by atoms with Crippen molar-refractivity contribution in [3.8, 4) is 0 Å². The summed E-state index contributed by atoms with van der Waals surface area (Å²) in [7, 11) is 1.25. The van der Waals surface area contributed by atoms with Gasteiger partial charge in [0.05, 0.1) is 13.7 Å². The van der Waals surface area contributed by atoms with E-state index < -0.39 is 29.6 Å². The van der Waals surface area contributed by atoms with E-state index in [9.17, 15) is 18.8 Å². The molecule has 126 valence electrons. The Kier molecular flexibility index (Phi) is 8.10. The topological polar surface area (TPSA) is 84.5 Å². The molecule has 6 nitrogen and oxygen atoms in total. The minimum Gasteiger partial charge on any atom is -0.467 e. The molecular weight excluding hydrogens is 323 g/mol. The Bertz CT molecular complexity index is 551. The number of halogens is 1. The molecule has 0 bridgehead atoms. The fourth-order valence-corrected chi connectivity index (χ4v) is 2.21. The quantitative estimate of drug-likeness (QED) is 0.688. The zero-order valence-electron chi connectivity index (χ0n) is 12.9. The maximum absolute atomic E-state index is 12.8. The zero-order valence-corrected chi connectivity index (χ0v) is 13.7. The second-order valence-corrected chi connectivity index (χ2v) is 5.60. The van der Waals surface area contributed by atoms with E-state index in [0.717, 1.165) is 12.1 Å². The average Bonchev–Trinajstić information content (AvgIpc) is 2.56. The zero-order chi connectivity index (χ0) is 17.2. The monoisotopic (exact) mass is 342 g/mol. The lowest BCUT2D eigenvalue weighted by molar-refractivity contribution is -0.145. The first-order chi connectivity index (χ1) is 11.0. The molecule has 0 aromatic heterocycles. The molecule has 1 unspecified atom stereocenters.